The molecule has 4 nitrogen and oxygen atoms in total. The maximum Gasteiger partial charge on any atom is 0.257 e. The molecule has 1 amide bonds. The molecule has 0 spiro atoms. The summed E-state index contributed by atoms with van der Waals surface area (Å²) in [5, 5.41) is 9.99. The molecule has 100 valence electrons. The highest BCUT2D eigenvalue weighted by Gasteiger charge is 2.22. The van der Waals surface area contributed by atoms with Crippen LogP contribution in [0.15, 0.2) is 18.2 Å². The van der Waals surface area contributed by atoms with E-state index < -0.39 is 0 Å². The molecule has 1 aromatic rings. The Morgan fingerprint density at radius 2 is 2.11 bits per heavy atom. The summed E-state index contributed by atoms with van der Waals surface area (Å²) in [5.41, 5.74) is 0.288. The van der Waals surface area contributed by atoms with E-state index in [1.807, 2.05) is 20.8 Å². The summed E-state index contributed by atoms with van der Waals surface area (Å²) in [6.07, 6.45) is 0.884. The minimum Gasteiger partial charge on any atom is -0.504 e. The third-order valence-electron chi connectivity index (χ3n) is 2.80. The number of hydrogen-bond donors (Lipinski definition) is 1. The number of amides is 1. The molecule has 1 N–H and O–H groups in total. The predicted octanol–water partition coefficient (Wildman–Crippen LogP) is 2.66. The summed E-state index contributed by atoms with van der Waals surface area (Å²) in [6, 6.07) is 5.05. The van der Waals surface area contributed by atoms with Gasteiger partial charge in [0.2, 0.25) is 0 Å². The van der Waals surface area contributed by atoms with Crippen molar-refractivity contribution in [3.8, 4) is 11.5 Å². The van der Waals surface area contributed by atoms with Gasteiger partial charge in [0.1, 0.15) is 0 Å². The molecule has 0 unspecified atom stereocenters. The Labute approximate surface area is 108 Å². The molecule has 0 saturated heterocycles. The molecular weight excluding hydrogens is 230 g/mol. The number of rotatable bonds is 5. The predicted molar refractivity (Wildman–Crippen MR) is 71.1 cm³/mol. The van der Waals surface area contributed by atoms with E-state index in [4.69, 9.17) is 4.74 Å². The Morgan fingerprint density at radius 1 is 1.44 bits per heavy atom. The normalized spacial score (nSPS) is 10.5. The topological polar surface area (TPSA) is 49.8 Å². The fourth-order valence-corrected chi connectivity index (χ4v) is 1.85. The third-order valence-corrected chi connectivity index (χ3v) is 2.80. The zero-order valence-corrected chi connectivity index (χ0v) is 11.4. The van der Waals surface area contributed by atoms with E-state index >= 15 is 0 Å². The van der Waals surface area contributed by atoms with Crippen LogP contribution in [0, 0.1) is 0 Å². The molecule has 0 aromatic heterocycles. The number of ether oxygens (including phenoxy) is 1. The number of methoxy groups -OCH3 is 1. The van der Waals surface area contributed by atoms with E-state index in [1.54, 1.807) is 23.1 Å². The summed E-state index contributed by atoms with van der Waals surface area (Å²) in [4.78, 5) is 14.1. The van der Waals surface area contributed by atoms with Crippen LogP contribution in [0.2, 0.25) is 0 Å². The van der Waals surface area contributed by atoms with Gasteiger partial charge in [-0.25, -0.2) is 0 Å². The van der Waals surface area contributed by atoms with Gasteiger partial charge >= 0.3 is 0 Å². The standard InChI is InChI=1S/C14H21NO3/c1-5-9-15(10(2)3)14(17)11-7-6-8-12(18-4)13(11)16/h6-8,10,16H,5,9H2,1-4H3. The van der Waals surface area contributed by atoms with Gasteiger partial charge in [0.25, 0.3) is 5.91 Å². The van der Waals surface area contributed by atoms with Crippen LogP contribution in [-0.2, 0) is 0 Å². The Balaban J connectivity index is 3.09. The number of phenols is 1. The first-order chi connectivity index (χ1) is 8.52. The minimum atomic E-state index is -0.164. The second-order valence-electron chi connectivity index (χ2n) is 4.45. The summed E-state index contributed by atoms with van der Waals surface area (Å²) in [6.45, 7) is 6.62. The smallest absolute Gasteiger partial charge is 0.257 e. The van der Waals surface area contributed by atoms with Gasteiger partial charge in [-0.1, -0.05) is 13.0 Å². The van der Waals surface area contributed by atoms with Crippen LogP contribution in [0.4, 0.5) is 0 Å². The summed E-state index contributed by atoms with van der Waals surface area (Å²) in [7, 11) is 1.47. The first-order valence-electron chi connectivity index (χ1n) is 6.19. The highest BCUT2D eigenvalue weighted by Crippen LogP contribution is 2.30. The largest absolute Gasteiger partial charge is 0.504 e. The van der Waals surface area contributed by atoms with Crippen LogP contribution in [0.25, 0.3) is 0 Å². The second-order valence-corrected chi connectivity index (χ2v) is 4.45. The highest BCUT2D eigenvalue weighted by molar-refractivity contribution is 5.97. The molecule has 4 heteroatoms. The molecule has 18 heavy (non-hydrogen) atoms. The van der Waals surface area contributed by atoms with Crippen LogP contribution in [0.1, 0.15) is 37.6 Å². The van der Waals surface area contributed by atoms with Gasteiger partial charge in [0.15, 0.2) is 11.5 Å². The highest BCUT2D eigenvalue weighted by atomic mass is 16.5. The van der Waals surface area contributed by atoms with Crippen LogP contribution in [0.3, 0.4) is 0 Å². The SMILES string of the molecule is CCCN(C(=O)c1cccc(OC)c1O)C(C)C. The number of para-hydroxylation sites is 1. The van der Waals surface area contributed by atoms with Crippen molar-refractivity contribution >= 4 is 5.91 Å². The van der Waals surface area contributed by atoms with Crippen molar-refractivity contribution in [2.75, 3.05) is 13.7 Å². The minimum absolute atomic E-state index is 0.0910. The van der Waals surface area contributed by atoms with Gasteiger partial charge in [0.05, 0.1) is 12.7 Å². The fraction of sp³-hybridized carbons (Fsp3) is 0.500. The molecule has 0 radical (unpaired) electrons. The first-order valence-corrected chi connectivity index (χ1v) is 6.19. The Morgan fingerprint density at radius 3 is 2.61 bits per heavy atom. The maximum atomic E-state index is 12.4. The number of phenolic OH excluding ortho intramolecular Hbond substituents is 1. The molecule has 0 bridgehead atoms. The quantitative estimate of drug-likeness (QED) is 0.875. The molecule has 0 aliphatic heterocycles. The zero-order chi connectivity index (χ0) is 13.7. The average molecular weight is 251 g/mol. The molecule has 0 saturated carbocycles. The molecule has 1 rings (SSSR count). The molecule has 0 fully saturated rings. The first kappa shape index (κ1) is 14.4. The third kappa shape index (κ3) is 2.94. The Kier molecular flexibility index (Phi) is 5.01. The van der Waals surface area contributed by atoms with Crippen molar-refractivity contribution in [3.63, 3.8) is 0 Å². The molecule has 0 heterocycles. The average Bonchev–Trinajstić information content (AvgIpc) is 2.35. The molecule has 0 aliphatic rings. The van der Waals surface area contributed by atoms with Crippen LogP contribution in [0.5, 0.6) is 11.5 Å². The molecule has 0 aliphatic carbocycles. The van der Waals surface area contributed by atoms with Gasteiger partial charge in [-0.3, -0.25) is 4.79 Å². The number of benzene rings is 1. The van der Waals surface area contributed by atoms with Crippen molar-refractivity contribution in [1.29, 1.82) is 0 Å². The molecule has 1 aromatic carbocycles. The number of nitrogens with zero attached hydrogens (tertiary/aromatic N) is 1. The monoisotopic (exact) mass is 251 g/mol. The number of hydrogen-bond acceptors (Lipinski definition) is 3. The van der Waals surface area contributed by atoms with Gasteiger partial charge < -0.3 is 14.7 Å². The summed E-state index contributed by atoms with van der Waals surface area (Å²) in [5.74, 6) is 0.0658. The van der Waals surface area contributed by atoms with Crippen molar-refractivity contribution in [2.24, 2.45) is 0 Å². The van der Waals surface area contributed by atoms with E-state index in [1.165, 1.54) is 7.11 Å². The van der Waals surface area contributed by atoms with Gasteiger partial charge in [0, 0.05) is 12.6 Å². The number of carbonyl (C=O) groups excluding carboxylic acids is 1. The summed E-state index contributed by atoms with van der Waals surface area (Å²) < 4.78 is 5.02. The zero-order valence-electron chi connectivity index (χ0n) is 11.4. The van der Waals surface area contributed by atoms with E-state index in [2.05, 4.69) is 0 Å². The van der Waals surface area contributed by atoms with Crippen molar-refractivity contribution in [2.45, 2.75) is 33.2 Å². The number of carbonyl (C=O) groups is 1. The second kappa shape index (κ2) is 6.28. The summed E-state index contributed by atoms with van der Waals surface area (Å²) >= 11 is 0. The Hall–Kier alpha value is -1.71. The lowest BCUT2D eigenvalue weighted by Crippen LogP contribution is -2.37. The van der Waals surface area contributed by atoms with Crippen molar-refractivity contribution in [3.05, 3.63) is 23.8 Å². The Bertz CT molecular complexity index is 416. The van der Waals surface area contributed by atoms with Crippen molar-refractivity contribution in [1.82, 2.24) is 4.90 Å². The van der Waals surface area contributed by atoms with Crippen molar-refractivity contribution < 1.29 is 14.6 Å². The lowest BCUT2D eigenvalue weighted by atomic mass is 10.1. The molecule has 0 atom stereocenters. The van der Waals surface area contributed by atoms with E-state index in [0.29, 0.717) is 12.3 Å². The van der Waals surface area contributed by atoms with Gasteiger partial charge in [-0.2, -0.15) is 0 Å². The van der Waals surface area contributed by atoms with E-state index in [0.717, 1.165) is 6.42 Å². The lowest BCUT2D eigenvalue weighted by molar-refractivity contribution is 0.0702. The van der Waals surface area contributed by atoms with Crippen LogP contribution >= 0.6 is 0 Å². The van der Waals surface area contributed by atoms with Crippen LogP contribution in [-0.4, -0.2) is 35.6 Å². The molecular formula is C14H21NO3. The lowest BCUT2D eigenvalue weighted by Gasteiger charge is -2.26. The van der Waals surface area contributed by atoms with E-state index in [-0.39, 0.29) is 23.3 Å². The van der Waals surface area contributed by atoms with Gasteiger partial charge in [-0.05, 0) is 32.4 Å². The van der Waals surface area contributed by atoms with Gasteiger partial charge in [-0.15, -0.1) is 0 Å². The van der Waals surface area contributed by atoms with E-state index in [9.17, 15) is 9.90 Å². The number of aromatic hydroxyl groups is 1. The maximum absolute atomic E-state index is 12.4. The van der Waals surface area contributed by atoms with Crippen LogP contribution < -0.4 is 4.74 Å². The fourth-order valence-electron chi connectivity index (χ4n) is 1.85.